The number of nitrogens with one attached hydrogen (secondary N) is 1. The number of carbonyl (C=O) groups excluding carboxylic acids is 1. The van der Waals surface area contributed by atoms with Crippen LogP contribution in [0, 0.1) is 12.8 Å². The molecule has 0 radical (unpaired) electrons. The maximum atomic E-state index is 13.1. The van der Waals surface area contributed by atoms with Crippen LogP contribution in [-0.2, 0) is 9.53 Å². The zero-order chi connectivity index (χ0) is 23.3. The maximum absolute atomic E-state index is 13.1. The smallest absolute Gasteiger partial charge is 0.338 e. The second-order valence-corrected chi connectivity index (χ2v) is 8.26. The summed E-state index contributed by atoms with van der Waals surface area (Å²) in [4.78, 5) is 17.6. The second kappa shape index (κ2) is 10.5. The summed E-state index contributed by atoms with van der Waals surface area (Å²) in [6.07, 6.45) is 2.53. The third-order valence-corrected chi connectivity index (χ3v) is 5.29. The Morgan fingerprint density at radius 2 is 2.03 bits per heavy atom. The molecule has 32 heavy (non-hydrogen) atoms. The Morgan fingerprint density at radius 1 is 1.25 bits per heavy atom. The highest BCUT2D eigenvalue weighted by atomic mass is 16.5. The van der Waals surface area contributed by atoms with Crippen LogP contribution in [0.1, 0.15) is 64.4 Å². The van der Waals surface area contributed by atoms with Crippen molar-refractivity contribution < 1.29 is 19.0 Å². The van der Waals surface area contributed by atoms with Gasteiger partial charge in [0.1, 0.15) is 11.9 Å². The number of hydrogen-bond donors (Lipinski definition) is 1. The molecular formula is C24H34N4O4. The lowest BCUT2D eigenvalue weighted by molar-refractivity contribution is -0.139. The minimum absolute atomic E-state index is 0.295. The minimum atomic E-state index is -0.480. The van der Waals surface area contributed by atoms with Crippen molar-refractivity contribution in [2.24, 2.45) is 5.92 Å². The van der Waals surface area contributed by atoms with E-state index >= 15 is 0 Å². The number of hydrogen-bond acceptors (Lipinski definition) is 7. The first-order chi connectivity index (χ1) is 15.4. The normalized spacial score (nSPS) is 15.4. The first kappa shape index (κ1) is 23.6. The highest BCUT2D eigenvalue weighted by molar-refractivity contribution is 5.92. The predicted molar refractivity (Wildman–Crippen MR) is 123 cm³/mol. The first-order valence-electron chi connectivity index (χ1n) is 11.3. The quantitative estimate of drug-likeness (QED) is 0.536. The Morgan fingerprint density at radius 3 is 2.69 bits per heavy atom. The molecule has 0 saturated carbocycles. The molecule has 174 valence electrons. The van der Waals surface area contributed by atoms with Crippen LogP contribution in [0.25, 0.3) is 0 Å². The monoisotopic (exact) mass is 442 g/mol. The van der Waals surface area contributed by atoms with E-state index in [0.717, 1.165) is 24.1 Å². The summed E-state index contributed by atoms with van der Waals surface area (Å²) in [5, 5.41) is 7.87. The maximum Gasteiger partial charge on any atom is 0.338 e. The lowest BCUT2D eigenvalue weighted by Crippen LogP contribution is -2.30. The summed E-state index contributed by atoms with van der Waals surface area (Å²) in [6, 6.07) is 5.27. The Hall–Kier alpha value is -3.03. The van der Waals surface area contributed by atoms with E-state index in [1.165, 1.54) is 0 Å². The Kier molecular flexibility index (Phi) is 7.77. The lowest BCUT2D eigenvalue weighted by atomic mass is 9.93. The van der Waals surface area contributed by atoms with Gasteiger partial charge in [0, 0.05) is 5.70 Å². The number of esters is 1. The third-order valence-electron chi connectivity index (χ3n) is 5.29. The van der Waals surface area contributed by atoms with Crippen LogP contribution in [0.2, 0.25) is 0 Å². The van der Waals surface area contributed by atoms with E-state index in [4.69, 9.17) is 14.2 Å². The summed E-state index contributed by atoms with van der Waals surface area (Å²) in [5.74, 6) is 2.72. The fourth-order valence-corrected chi connectivity index (χ4v) is 3.76. The van der Waals surface area contributed by atoms with E-state index in [1.54, 1.807) is 18.7 Å². The van der Waals surface area contributed by atoms with E-state index in [-0.39, 0.29) is 5.97 Å². The zero-order valence-electron chi connectivity index (χ0n) is 19.9. The van der Waals surface area contributed by atoms with E-state index < -0.39 is 6.04 Å². The van der Waals surface area contributed by atoms with Crippen LogP contribution in [0.4, 0.5) is 5.95 Å². The molecule has 0 amide bonds. The SMILES string of the molecule is CCCC1=C(C(=O)OCC)[C@@H](c2ccc(OCCC(C)C)c(OC)c2)n2nc(C)nc2N1. The molecular weight excluding hydrogens is 408 g/mol. The first-order valence-corrected chi connectivity index (χ1v) is 11.3. The molecule has 0 spiro atoms. The van der Waals surface area contributed by atoms with Crippen molar-refractivity contribution in [2.45, 2.75) is 59.9 Å². The van der Waals surface area contributed by atoms with Gasteiger partial charge in [0.05, 0.1) is 25.9 Å². The van der Waals surface area contributed by atoms with Crippen LogP contribution in [0.3, 0.4) is 0 Å². The highest BCUT2D eigenvalue weighted by Gasteiger charge is 2.36. The average molecular weight is 443 g/mol. The van der Waals surface area contributed by atoms with Crippen molar-refractivity contribution in [1.82, 2.24) is 14.8 Å². The molecule has 0 aliphatic carbocycles. The van der Waals surface area contributed by atoms with E-state index in [0.29, 0.717) is 54.4 Å². The number of ether oxygens (including phenoxy) is 3. The minimum Gasteiger partial charge on any atom is -0.493 e. The van der Waals surface area contributed by atoms with Gasteiger partial charge in [-0.3, -0.25) is 0 Å². The number of aromatic nitrogens is 3. The fourth-order valence-electron chi connectivity index (χ4n) is 3.76. The van der Waals surface area contributed by atoms with Gasteiger partial charge in [0.15, 0.2) is 11.5 Å². The van der Waals surface area contributed by atoms with Crippen molar-refractivity contribution in [2.75, 3.05) is 25.6 Å². The summed E-state index contributed by atoms with van der Waals surface area (Å²) >= 11 is 0. The van der Waals surface area contributed by atoms with Gasteiger partial charge in [0.25, 0.3) is 0 Å². The molecule has 1 atom stereocenters. The molecule has 3 rings (SSSR count). The molecule has 8 nitrogen and oxygen atoms in total. The molecule has 1 N–H and O–H groups in total. The number of methoxy groups -OCH3 is 1. The Balaban J connectivity index is 2.07. The van der Waals surface area contributed by atoms with Crippen LogP contribution < -0.4 is 14.8 Å². The van der Waals surface area contributed by atoms with Gasteiger partial charge in [-0.2, -0.15) is 10.1 Å². The lowest BCUT2D eigenvalue weighted by Gasteiger charge is -2.29. The number of nitrogens with zero attached hydrogens (tertiary/aromatic N) is 3. The van der Waals surface area contributed by atoms with Crippen molar-refractivity contribution in [3.05, 3.63) is 40.9 Å². The molecule has 0 saturated heterocycles. The number of anilines is 1. The summed E-state index contributed by atoms with van der Waals surface area (Å²) < 4.78 is 18.8. The zero-order valence-corrected chi connectivity index (χ0v) is 19.9. The molecule has 0 unspecified atom stereocenters. The molecule has 1 aliphatic rings. The molecule has 2 heterocycles. The summed E-state index contributed by atoms with van der Waals surface area (Å²) in [5.41, 5.74) is 2.20. The van der Waals surface area contributed by atoms with Crippen molar-refractivity contribution in [3.63, 3.8) is 0 Å². The van der Waals surface area contributed by atoms with Crippen LogP contribution in [0.15, 0.2) is 29.5 Å². The second-order valence-electron chi connectivity index (χ2n) is 8.26. The predicted octanol–water partition coefficient (Wildman–Crippen LogP) is 4.65. The fraction of sp³-hybridized carbons (Fsp3) is 0.542. The van der Waals surface area contributed by atoms with Gasteiger partial charge < -0.3 is 19.5 Å². The number of carbonyl (C=O) groups is 1. The molecule has 0 bridgehead atoms. The van der Waals surface area contributed by atoms with Gasteiger partial charge in [-0.15, -0.1) is 0 Å². The Labute approximate surface area is 190 Å². The molecule has 8 heteroatoms. The van der Waals surface area contributed by atoms with Gasteiger partial charge in [0.2, 0.25) is 5.95 Å². The van der Waals surface area contributed by atoms with Gasteiger partial charge in [-0.25, -0.2) is 9.48 Å². The van der Waals surface area contributed by atoms with Crippen molar-refractivity contribution >= 4 is 11.9 Å². The number of benzene rings is 1. The average Bonchev–Trinajstić information content (AvgIpc) is 3.12. The largest absolute Gasteiger partial charge is 0.493 e. The van der Waals surface area contributed by atoms with E-state index in [1.807, 2.05) is 25.1 Å². The number of rotatable bonds is 10. The van der Waals surface area contributed by atoms with Crippen molar-refractivity contribution in [1.29, 1.82) is 0 Å². The molecule has 1 aromatic heterocycles. The summed E-state index contributed by atoms with van der Waals surface area (Å²) in [6.45, 7) is 10.9. The number of fused-ring (bicyclic) bond motifs is 1. The van der Waals surface area contributed by atoms with E-state index in [2.05, 4.69) is 36.2 Å². The number of allylic oxidation sites excluding steroid dienone is 1. The molecule has 1 aliphatic heterocycles. The Bertz CT molecular complexity index is 980. The van der Waals surface area contributed by atoms with Crippen LogP contribution in [-0.4, -0.2) is 41.1 Å². The summed E-state index contributed by atoms with van der Waals surface area (Å²) in [7, 11) is 1.62. The van der Waals surface area contributed by atoms with Gasteiger partial charge in [-0.1, -0.05) is 33.3 Å². The topological polar surface area (TPSA) is 87.5 Å². The number of aryl methyl sites for hydroxylation is 1. The molecule has 2 aromatic rings. The highest BCUT2D eigenvalue weighted by Crippen LogP contribution is 2.40. The molecule has 0 fully saturated rings. The third kappa shape index (κ3) is 5.06. The van der Waals surface area contributed by atoms with Crippen LogP contribution in [0.5, 0.6) is 11.5 Å². The van der Waals surface area contributed by atoms with Crippen LogP contribution >= 0.6 is 0 Å². The molecule has 1 aromatic carbocycles. The van der Waals surface area contributed by atoms with Crippen molar-refractivity contribution in [3.8, 4) is 11.5 Å². The van der Waals surface area contributed by atoms with Gasteiger partial charge >= 0.3 is 5.97 Å². The standard InChI is InChI=1S/C24H34N4O4/c1-7-9-18-21(23(29)31-8-2)22(28-24(26-18)25-16(5)27-28)17-10-11-19(20(14-17)30-6)32-13-12-15(3)4/h10-11,14-15,22H,7-9,12-13H2,1-6H3,(H,25,26,27)/t22-/m1/s1. The van der Waals surface area contributed by atoms with E-state index in [9.17, 15) is 4.79 Å². The van der Waals surface area contributed by atoms with Gasteiger partial charge in [-0.05, 0) is 50.3 Å².